The second kappa shape index (κ2) is 13.1. The van der Waals surface area contributed by atoms with E-state index in [1.54, 1.807) is 18.2 Å². The van der Waals surface area contributed by atoms with Gasteiger partial charge in [-0.3, -0.25) is 14.9 Å². The minimum Gasteiger partial charge on any atom is -0.493 e. The van der Waals surface area contributed by atoms with E-state index in [1.165, 1.54) is 38.6 Å². The first kappa shape index (κ1) is 30.2. The molecule has 3 aromatic carbocycles. The van der Waals surface area contributed by atoms with Crippen LogP contribution in [0.1, 0.15) is 21.5 Å². The number of rotatable bonds is 11. The molecule has 0 aliphatic carbocycles. The first-order valence-electron chi connectivity index (χ1n) is 11.1. The van der Waals surface area contributed by atoms with E-state index in [4.69, 9.17) is 18.9 Å². The van der Waals surface area contributed by atoms with Crippen molar-refractivity contribution in [2.45, 2.75) is 6.18 Å². The fraction of sp³-hybridized carbons (Fsp3) is 0.154. The Labute approximate surface area is 239 Å². The Morgan fingerprint density at radius 3 is 2.40 bits per heavy atom. The van der Waals surface area contributed by atoms with Crippen LogP contribution in [0, 0.1) is 13.7 Å². The van der Waals surface area contributed by atoms with Crippen LogP contribution in [0.3, 0.4) is 0 Å². The standard InChI is InChI=1S/C26H21F3IN3O7/c1-4-9-39-21-7-5-16(12-22(21)37-2)25(34)32-31-14-15-10-18(30)24(23(11-15)38-3)40-20-8-6-17(26(27,28)29)13-19(20)33(35)36/h4-8,10-14H,1,9H2,2-3H3,(H,32,34)/b31-14+. The van der Waals surface area contributed by atoms with Crippen LogP contribution in [-0.4, -0.2) is 37.9 Å². The van der Waals surface area contributed by atoms with E-state index >= 15 is 0 Å². The number of carbonyl (C=O) groups is 1. The van der Waals surface area contributed by atoms with Crippen molar-refractivity contribution in [3.05, 3.63) is 91.6 Å². The minimum atomic E-state index is -4.76. The first-order chi connectivity index (χ1) is 19.0. The van der Waals surface area contributed by atoms with Gasteiger partial charge in [-0.1, -0.05) is 12.7 Å². The highest BCUT2D eigenvalue weighted by Gasteiger charge is 2.33. The number of nitro groups is 1. The third-order valence-corrected chi connectivity index (χ3v) is 5.91. The van der Waals surface area contributed by atoms with Crippen LogP contribution in [0.5, 0.6) is 28.7 Å². The van der Waals surface area contributed by atoms with Gasteiger partial charge in [-0.05, 0) is 70.6 Å². The molecule has 0 radical (unpaired) electrons. The third kappa shape index (κ3) is 7.40. The molecule has 0 heterocycles. The highest BCUT2D eigenvalue weighted by molar-refractivity contribution is 14.1. The second-order valence-electron chi connectivity index (χ2n) is 7.74. The molecule has 0 unspecified atom stereocenters. The molecule has 0 atom stereocenters. The van der Waals surface area contributed by atoms with Crippen LogP contribution in [0.2, 0.25) is 0 Å². The van der Waals surface area contributed by atoms with Crippen molar-refractivity contribution in [2.24, 2.45) is 5.10 Å². The maximum absolute atomic E-state index is 13.0. The Bertz CT molecular complexity index is 1460. The van der Waals surface area contributed by atoms with Crippen molar-refractivity contribution in [2.75, 3.05) is 20.8 Å². The van der Waals surface area contributed by atoms with Gasteiger partial charge < -0.3 is 18.9 Å². The molecule has 0 spiro atoms. The monoisotopic (exact) mass is 671 g/mol. The van der Waals surface area contributed by atoms with Crippen LogP contribution < -0.4 is 24.4 Å². The zero-order valence-corrected chi connectivity index (χ0v) is 23.1. The summed E-state index contributed by atoms with van der Waals surface area (Å²) in [4.78, 5) is 23.0. The molecule has 10 nitrogen and oxygen atoms in total. The van der Waals surface area contributed by atoms with E-state index in [-0.39, 0.29) is 23.7 Å². The Hall–Kier alpha value is -4.34. The summed E-state index contributed by atoms with van der Waals surface area (Å²) in [5.41, 5.74) is 1.06. The summed E-state index contributed by atoms with van der Waals surface area (Å²) in [5, 5.41) is 15.4. The number of amides is 1. The summed E-state index contributed by atoms with van der Waals surface area (Å²) in [7, 11) is 2.76. The van der Waals surface area contributed by atoms with Crippen molar-refractivity contribution in [1.29, 1.82) is 0 Å². The first-order valence-corrected chi connectivity index (χ1v) is 12.2. The van der Waals surface area contributed by atoms with Crippen LogP contribution >= 0.6 is 22.6 Å². The van der Waals surface area contributed by atoms with E-state index in [1.807, 2.05) is 22.6 Å². The fourth-order valence-corrected chi connectivity index (χ4v) is 3.99. The molecule has 0 fully saturated rings. The lowest BCUT2D eigenvalue weighted by atomic mass is 10.1. The van der Waals surface area contributed by atoms with Gasteiger partial charge in [-0.15, -0.1) is 0 Å². The summed E-state index contributed by atoms with van der Waals surface area (Å²) < 4.78 is 61.1. The summed E-state index contributed by atoms with van der Waals surface area (Å²) in [6.45, 7) is 3.84. The Balaban J connectivity index is 1.80. The molecule has 0 aliphatic heterocycles. The molecular weight excluding hydrogens is 650 g/mol. The van der Waals surface area contributed by atoms with E-state index in [0.29, 0.717) is 32.8 Å². The molecule has 0 saturated carbocycles. The minimum absolute atomic E-state index is 0.0398. The Morgan fingerprint density at radius 1 is 1.07 bits per heavy atom. The van der Waals surface area contributed by atoms with Crippen molar-refractivity contribution in [3.63, 3.8) is 0 Å². The number of benzene rings is 3. The number of hydrogen-bond acceptors (Lipinski definition) is 8. The lowest BCUT2D eigenvalue weighted by molar-refractivity contribution is -0.385. The number of hydrogen-bond donors (Lipinski definition) is 1. The van der Waals surface area contributed by atoms with E-state index < -0.39 is 34.0 Å². The topological polar surface area (TPSA) is 122 Å². The van der Waals surface area contributed by atoms with Crippen LogP contribution in [0.25, 0.3) is 0 Å². The number of hydrazone groups is 1. The largest absolute Gasteiger partial charge is 0.493 e. The molecular formula is C26H21F3IN3O7. The molecule has 210 valence electrons. The van der Waals surface area contributed by atoms with E-state index in [2.05, 4.69) is 17.1 Å². The van der Waals surface area contributed by atoms with Crippen LogP contribution in [0.4, 0.5) is 18.9 Å². The van der Waals surface area contributed by atoms with Crippen molar-refractivity contribution >= 4 is 40.4 Å². The number of halogens is 4. The quantitative estimate of drug-likeness (QED) is 0.0829. The van der Waals surface area contributed by atoms with Crippen LogP contribution in [-0.2, 0) is 6.18 Å². The number of carbonyl (C=O) groups excluding carboxylic acids is 1. The SMILES string of the molecule is C=CCOc1ccc(C(=O)N/N=C/c2cc(I)c(Oc3ccc(C(F)(F)F)cc3[N+](=O)[O-])c(OC)c2)cc1OC. The lowest BCUT2D eigenvalue weighted by Crippen LogP contribution is -2.17. The van der Waals surface area contributed by atoms with Gasteiger partial charge in [0.2, 0.25) is 5.75 Å². The number of methoxy groups -OCH3 is 2. The number of nitro benzene ring substituents is 1. The van der Waals surface area contributed by atoms with Crippen molar-refractivity contribution in [3.8, 4) is 28.7 Å². The molecule has 0 aromatic heterocycles. The summed E-state index contributed by atoms with van der Waals surface area (Å²) >= 11 is 1.87. The zero-order valence-electron chi connectivity index (χ0n) is 21.0. The number of nitrogens with one attached hydrogen (secondary N) is 1. The van der Waals surface area contributed by atoms with Crippen molar-refractivity contribution < 1.29 is 41.8 Å². The van der Waals surface area contributed by atoms with Gasteiger partial charge >= 0.3 is 11.9 Å². The molecule has 14 heteroatoms. The number of ether oxygens (including phenoxy) is 4. The molecule has 0 aliphatic rings. The average molecular weight is 671 g/mol. The molecule has 0 bridgehead atoms. The smallest absolute Gasteiger partial charge is 0.416 e. The molecule has 3 rings (SSSR count). The summed E-state index contributed by atoms with van der Waals surface area (Å²) in [6.07, 6.45) is -1.87. The number of alkyl halides is 3. The molecule has 3 aromatic rings. The fourth-order valence-electron chi connectivity index (χ4n) is 3.25. The second-order valence-corrected chi connectivity index (χ2v) is 8.90. The zero-order chi connectivity index (χ0) is 29.4. The van der Waals surface area contributed by atoms with Gasteiger partial charge in [0.25, 0.3) is 5.91 Å². The van der Waals surface area contributed by atoms with Gasteiger partial charge in [-0.25, -0.2) is 5.43 Å². The van der Waals surface area contributed by atoms with Gasteiger partial charge in [-0.2, -0.15) is 18.3 Å². The predicted octanol–water partition coefficient (Wildman–Crippen LogP) is 6.36. The Kier molecular flexibility index (Phi) is 9.93. The molecule has 1 N–H and O–H groups in total. The lowest BCUT2D eigenvalue weighted by Gasteiger charge is -2.14. The number of nitrogens with zero attached hydrogens (tertiary/aromatic N) is 2. The molecule has 40 heavy (non-hydrogen) atoms. The van der Waals surface area contributed by atoms with Crippen molar-refractivity contribution in [1.82, 2.24) is 5.43 Å². The average Bonchev–Trinajstić information content (AvgIpc) is 2.92. The third-order valence-electron chi connectivity index (χ3n) is 5.11. The maximum atomic E-state index is 13.0. The highest BCUT2D eigenvalue weighted by atomic mass is 127. The predicted molar refractivity (Wildman–Crippen MR) is 148 cm³/mol. The maximum Gasteiger partial charge on any atom is 0.416 e. The normalized spacial score (nSPS) is 11.2. The van der Waals surface area contributed by atoms with Gasteiger partial charge in [0.15, 0.2) is 23.0 Å². The van der Waals surface area contributed by atoms with E-state index in [9.17, 15) is 28.1 Å². The summed E-state index contributed by atoms with van der Waals surface area (Å²) in [6, 6.07) is 9.59. The summed E-state index contributed by atoms with van der Waals surface area (Å²) in [5.74, 6) is 0.0155. The highest BCUT2D eigenvalue weighted by Crippen LogP contribution is 2.42. The van der Waals surface area contributed by atoms with Gasteiger partial charge in [0.05, 0.1) is 34.5 Å². The van der Waals surface area contributed by atoms with Gasteiger partial charge in [0.1, 0.15) is 6.61 Å². The Morgan fingerprint density at radius 2 is 1.77 bits per heavy atom. The molecule has 1 amide bonds. The van der Waals surface area contributed by atoms with E-state index in [0.717, 1.165) is 6.07 Å². The van der Waals surface area contributed by atoms with Crippen LogP contribution in [0.15, 0.2) is 66.3 Å². The molecule has 0 saturated heterocycles. The van der Waals surface area contributed by atoms with Gasteiger partial charge in [0, 0.05) is 11.6 Å².